The van der Waals surface area contributed by atoms with Gasteiger partial charge in [0.25, 0.3) is 11.8 Å². The Kier molecular flexibility index (Phi) is 14.4. The van der Waals surface area contributed by atoms with Crippen LogP contribution in [0.3, 0.4) is 0 Å². The van der Waals surface area contributed by atoms with Crippen LogP contribution in [0.4, 0.5) is 0 Å². The van der Waals surface area contributed by atoms with Crippen molar-refractivity contribution in [2.45, 2.75) is 84.8 Å². The van der Waals surface area contributed by atoms with Gasteiger partial charge in [0.1, 0.15) is 12.1 Å². The number of nitrogens with zero attached hydrogens (tertiary/aromatic N) is 2. The summed E-state index contributed by atoms with van der Waals surface area (Å²) in [6.07, 6.45) is 4.72. The summed E-state index contributed by atoms with van der Waals surface area (Å²) in [5.41, 5.74) is 0.437. The fourth-order valence-corrected chi connectivity index (χ4v) is 6.66. The summed E-state index contributed by atoms with van der Waals surface area (Å²) in [6.45, 7) is 11.4. The number of piperazine rings is 1. The number of rotatable bonds is 14. The third-order valence-electron chi connectivity index (χ3n) is 9.33. The van der Waals surface area contributed by atoms with Gasteiger partial charge in [-0.3, -0.25) is 28.8 Å². The normalized spacial score (nSPS) is 22.0. The van der Waals surface area contributed by atoms with Crippen LogP contribution in [0.25, 0.3) is 0 Å². The molecule has 12 heteroatoms. The molecule has 0 aromatic heterocycles. The molecule has 2 fully saturated rings. The van der Waals surface area contributed by atoms with Crippen LogP contribution in [0, 0.1) is 23.7 Å². The molecule has 0 spiro atoms. The molecule has 1 saturated carbocycles. The SMILES string of the molecule is CCCC1CC(C)CC([C@H](NC(=O)c2ccccc2)C(=O)N[C@@H](C)C(=O)N[C@H](C(=O)C(=O)NCC(=O)N2CCN(C)CC2)C(C)C)C1. The molecule has 47 heavy (non-hydrogen) atoms. The maximum atomic E-state index is 13.8. The Morgan fingerprint density at radius 2 is 1.51 bits per heavy atom. The number of benzene rings is 1. The van der Waals surface area contributed by atoms with E-state index in [1.54, 1.807) is 43.0 Å². The van der Waals surface area contributed by atoms with E-state index in [-0.39, 0.29) is 24.3 Å². The monoisotopic (exact) mass is 654 g/mol. The van der Waals surface area contributed by atoms with Crippen LogP contribution >= 0.6 is 0 Å². The molecule has 6 atom stereocenters. The van der Waals surface area contributed by atoms with E-state index in [0.717, 1.165) is 45.2 Å². The molecule has 12 nitrogen and oxygen atoms in total. The lowest BCUT2D eigenvalue weighted by atomic mass is 9.71. The van der Waals surface area contributed by atoms with Crippen molar-refractivity contribution in [3.63, 3.8) is 0 Å². The van der Waals surface area contributed by atoms with Gasteiger partial charge in [-0.2, -0.15) is 0 Å². The fraction of sp³-hybridized carbons (Fsp3) is 0.657. The minimum absolute atomic E-state index is 0.111. The Hall–Kier alpha value is -3.80. The summed E-state index contributed by atoms with van der Waals surface area (Å²) in [5, 5.41) is 10.7. The first-order valence-corrected chi connectivity index (χ1v) is 17.1. The average molecular weight is 655 g/mol. The molecule has 5 amide bonds. The maximum Gasteiger partial charge on any atom is 0.290 e. The van der Waals surface area contributed by atoms with Crippen LogP contribution in [0.2, 0.25) is 0 Å². The van der Waals surface area contributed by atoms with E-state index < -0.39 is 47.5 Å². The molecule has 3 unspecified atom stereocenters. The molecule has 2 aliphatic rings. The summed E-state index contributed by atoms with van der Waals surface area (Å²) in [5.74, 6) is -3.30. The van der Waals surface area contributed by atoms with E-state index in [1.165, 1.54) is 6.92 Å². The number of hydrogen-bond donors (Lipinski definition) is 4. The van der Waals surface area contributed by atoms with E-state index in [9.17, 15) is 28.8 Å². The van der Waals surface area contributed by atoms with Gasteiger partial charge < -0.3 is 31.1 Å². The molecule has 0 bridgehead atoms. The summed E-state index contributed by atoms with van der Waals surface area (Å²) >= 11 is 0. The second-order valence-corrected chi connectivity index (χ2v) is 13.7. The molecule has 1 aromatic carbocycles. The van der Waals surface area contributed by atoms with Crippen molar-refractivity contribution in [3.8, 4) is 0 Å². The first kappa shape index (κ1) is 37.7. The van der Waals surface area contributed by atoms with Gasteiger partial charge in [-0.1, -0.05) is 58.7 Å². The van der Waals surface area contributed by atoms with Crippen LogP contribution in [0.1, 0.15) is 77.1 Å². The average Bonchev–Trinajstić information content (AvgIpc) is 3.04. The van der Waals surface area contributed by atoms with Gasteiger partial charge in [-0.15, -0.1) is 0 Å². The Labute approximate surface area is 279 Å². The summed E-state index contributed by atoms with van der Waals surface area (Å²) in [6, 6.07) is 5.63. The van der Waals surface area contributed by atoms with Crippen molar-refractivity contribution in [3.05, 3.63) is 35.9 Å². The minimum atomic E-state index is -1.16. The van der Waals surface area contributed by atoms with Crippen molar-refractivity contribution < 1.29 is 28.8 Å². The van der Waals surface area contributed by atoms with Crippen molar-refractivity contribution in [2.24, 2.45) is 23.7 Å². The summed E-state index contributed by atoms with van der Waals surface area (Å²) < 4.78 is 0. The Morgan fingerprint density at radius 1 is 0.851 bits per heavy atom. The van der Waals surface area contributed by atoms with Gasteiger partial charge in [0.15, 0.2) is 0 Å². The number of likely N-dealkylation sites (N-methyl/N-ethyl adjacent to an activating group) is 1. The zero-order valence-corrected chi connectivity index (χ0v) is 28.8. The van der Waals surface area contributed by atoms with Gasteiger partial charge in [0.05, 0.1) is 12.6 Å². The number of ketones is 1. The number of Topliss-reactive ketones (excluding diaryl/α,β-unsaturated/α-hetero) is 1. The fourth-order valence-electron chi connectivity index (χ4n) is 6.66. The quantitative estimate of drug-likeness (QED) is 0.223. The van der Waals surface area contributed by atoms with Crippen LogP contribution in [0.5, 0.6) is 0 Å². The molecular weight excluding hydrogens is 600 g/mol. The van der Waals surface area contributed by atoms with E-state index in [1.807, 2.05) is 13.1 Å². The van der Waals surface area contributed by atoms with Crippen molar-refractivity contribution >= 4 is 35.3 Å². The first-order valence-electron chi connectivity index (χ1n) is 17.1. The third-order valence-corrected chi connectivity index (χ3v) is 9.33. The standard InChI is InChI=1S/C35H54N6O6/c1-7-11-25-18-23(4)19-27(20-25)30(39-33(45)26-12-9-8-10-13-26)34(46)37-24(5)32(44)38-29(22(2)3)31(43)35(47)36-21-28(42)41-16-14-40(6)15-17-41/h8-10,12-13,22-25,27,29-30H,7,11,14-21H2,1-6H3,(H,36,47)(H,37,46)(H,38,44)(H,39,45)/t23?,24-,25?,27?,29-,30-/m0/s1. The molecule has 1 aliphatic carbocycles. The van der Waals surface area contributed by atoms with Crippen molar-refractivity contribution in [1.82, 2.24) is 31.1 Å². The number of carbonyl (C=O) groups is 6. The maximum absolute atomic E-state index is 13.8. The van der Waals surface area contributed by atoms with Gasteiger partial charge >= 0.3 is 0 Å². The molecule has 4 N–H and O–H groups in total. The van der Waals surface area contributed by atoms with E-state index in [4.69, 9.17) is 0 Å². The molecule has 260 valence electrons. The highest BCUT2D eigenvalue weighted by Gasteiger charge is 2.38. The summed E-state index contributed by atoms with van der Waals surface area (Å²) in [4.78, 5) is 82.4. The van der Waals surface area contributed by atoms with E-state index in [0.29, 0.717) is 30.5 Å². The highest BCUT2D eigenvalue weighted by atomic mass is 16.2. The molecule has 1 aliphatic heterocycles. The number of nitrogens with one attached hydrogen (secondary N) is 4. The van der Waals surface area contributed by atoms with E-state index in [2.05, 4.69) is 40.0 Å². The zero-order chi connectivity index (χ0) is 34.7. The second kappa shape index (κ2) is 17.9. The Bertz CT molecular complexity index is 1250. The van der Waals surface area contributed by atoms with Crippen LogP contribution in [-0.2, 0) is 24.0 Å². The predicted molar refractivity (Wildman–Crippen MR) is 179 cm³/mol. The lowest BCUT2D eigenvalue weighted by molar-refractivity contribution is -0.142. The first-order chi connectivity index (χ1) is 22.3. The van der Waals surface area contributed by atoms with Crippen LogP contribution in [-0.4, -0.2) is 103 Å². The largest absolute Gasteiger partial charge is 0.344 e. The predicted octanol–water partition coefficient (Wildman–Crippen LogP) is 1.74. The van der Waals surface area contributed by atoms with Gasteiger partial charge in [0, 0.05) is 31.7 Å². The van der Waals surface area contributed by atoms with Gasteiger partial charge in [-0.05, 0) is 69.0 Å². The topological polar surface area (TPSA) is 157 Å². The Balaban J connectivity index is 1.64. The molecule has 0 radical (unpaired) electrons. The number of amides is 5. The molecule has 1 heterocycles. The van der Waals surface area contributed by atoms with Crippen LogP contribution in [0.15, 0.2) is 30.3 Å². The highest BCUT2D eigenvalue weighted by Crippen LogP contribution is 2.37. The molecule has 3 rings (SSSR count). The minimum Gasteiger partial charge on any atom is -0.344 e. The lowest BCUT2D eigenvalue weighted by Gasteiger charge is -2.37. The lowest BCUT2D eigenvalue weighted by Crippen LogP contribution is -2.58. The number of hydrogen-bond acceptors (Lipinski definition) is 7. The van der Waals surface area contributed by atoms with Crippen molar-refractivity contribution in [2.75, 3.05) is 39.8 Å². The van der Waals surface area contributed by atoms with Crippen molar-refractivity contribution in [1.29, 1.82) is 0 Å². The van der Waals surface area contributed by atoms with Crippen LogP contribution < -0.4 is 21.3 Å². The molecular formula is C35H54N6O6. The third kappa shape index (κ3) is 11.2. The summed E-state index contributed by atoms with van der Waals surface area (Å²) in [7, 11) is 1.97. The number of carbonyl (C=O) groups excluding carboxylic acids is 6. The van der Waals surface area contributed by atoms with Gasteiger partial charge in [0.2, 0.25) is 23.5 Å². The van der Waals surface area contributed by atoms with E-state index >= 15 is 0 Å². The Morgan fingerprint density at radius 3 is 2.13 bits per heavy atom. The van der Waals surface area contributed by atoms with Gasteiger partial charge in [-0.25, -0.2) is 0 Å². The molecule has 1 aromatic rings. The zero-order valence-electron chi connectivity index (χ0n) is 28.8. The molecule has 1 saturated heterocycles. The highest BCUT2D eigenvalue weighted by molar-refractivity contribution is 6.38. The second-order valence-electron chi connectivity index (χ2n) is 13.7. The smallest absolute Gasteiger partial charge is 0.290 e.